The second-order valence-corrected chi connectivity index (χ2v) is 3.59. The fourth-order valence-electron chi connectivity index (χ4n) is 1.41. The Hall–Kier alpha value is -0.890. The van der Waals surface area contributed by atoms with E-state index in [1.807, 2.05) is 12.4 Å². The van der Waals surface area contributed by atoms with Crippen LogP contribution in [0.1, 0.15) is 38.2 Å². The van der Waals surface area contributed by atoms with Gasteiger partial charge >= 0.3 is 0 Å². The van der Waals surface area contributed by atoms with Crippen LogP contribution in [0, 0.1) is 0 Å². The minimum atomic E-state index is 0.967. The van der Waals surface area contributed by atoms with Gasteiger partial charge in [0, 0.05) is 18.9 Å². The molecule has 0 fully saturated rings. The standard InChI is InChI=1S/C12H20N2/c1-2-3-4-5-8-14-11-12-6-9-13-10-7-12/h6-7,9-10,14H,2-5,8,11H2,1H3. The van der Waals surface area contributed by atoms with Crippen LogP contribution in [0.2, 0.25) is 0 Å². The van der Waals surface area contributed by atoms with Crippen LogP contribution in [-0.2, 0) is 6.54 Å². The Morgan fingerprint density at radius 2 is 1.93 bits per heavy atom. The number of hydrogen-bond acceptors (Lipinski definition) is 2. The van der Waals surface area contributed by atoms with E-state index in [0.717, 1.165) is 13.1 Å². The van der Waals surface area contributed by atoms with Gasteiger partial charge in [-0.3, -0.25) is 4.98 Å². The molecule has 0 atom stereocenters. The Morgan fingerprint density at radius 1 is 1.14 bits per heavy atom. The Balaban J connectivity index is 1.99. The van der Waals surface area contributed by atoms with Gasteiger partial charge in [0.1, 0.15) is 0 Å². The van der Waals surface area contributed by atoms with Crippen molar-refractivity contribution in [3.63, 3.8) is 0 Å². The number of unbranched alkanes of at least 4 members (excludes halogenated alkanes) is 3. The van der Waals surface area contributed by atoms with Crippen LogP contribution < -0.4 is 5.32 Å². The topological polar surface area (TPSA) is 24.9 Å². The maximum Gasteiger partial charge on any atom is 0.0271 e. The number of nitrogens with zero attached hydrogens (tertiary/aromatic N) is 1. The number of nitrogens with one attached hydrogen (secondary N) is 1. The van der Waals surface area contributed by atoms with Gasteiger partial charge in [0.05, 0.1) is 0 Å². The molecule has 14 heavy (non-hydrogen) atoms. The molecule has 0 amide bonds. The summed E-state index contributed by atoms with van der Waals surface area (Å²) in [6.07, 6.45) is 8.99. The average molecular weight is 192 g/mol. The molecule has 0 aliphatic heterocycles. The molecule has 0 saturated carbocycles. The molecule has 1 aromatic rings. The molecule has 0 aliphatic carbocycles. The van der Waals surface area contributed by atoms with Gasteiger partial charge in [-0.1, -0.05) is 26.2 Å². The van der Waals surface area contributed by atoms with Gasteiger partial charge in [-0.05, 0) is 30.7 Å². The van der Waals surface area contributed by atoms with Gasteiger partial charge in [-0.2, -0.15) is 0 Å². The molecule has 78 valence electrons. The lowest BCUT2D eigenvalue weighted by molar-refractivity contribution is 0.598. The highest BCUT2D eigenvalue weighted by atomic mass is 14.8. The smallest absolute Gasteiger partial charge is 0.0271 e. The zero-order chi connectivity index (χ0) is 10.1. The van der Waals surface area contributed by atoms with Crippen LogP contribution >= 0.6 is 0 Å². The molecule has 2 heteroatoms. The summed E-state index contributed by atoms with van der Waals surface area (Å²) < 4.78 is 0. The van der Waals surface area contributed by atoms with Gasteiger partial charge in [0.15, 0.2) is 0 Å². The quantitative estimate of drug-likeness (QED) is 0.672. The van der Waals surface area contributed by atoms with Crippen molar-refractivity contribution in [3.05, 3.63) is 30.1 Å². The third kappa shape index (κ3) is 4.97. The van der Waals surface area contributed by atoms with Crippen LogP contribution in [0.15, 0.2) is 24.5 Å². The second kappa shape index (κ2) is 7.51. The molecule has 0 radical (unpaired) electrons. The fourth-order valence-corrected chi connectivity index (χ4v) is 1.41. The number of rotatable bonds is 7. The highest BCUT2D eigenvalue weighted by molar-refractivity contribution is 5.08. The molecule has 1 heterocycles. The lowest BCUT2D eigenvalue weighted by Gasteiger charge is -2.03. The van der Waals surface area contributed by atoms with E-state index in [9.17, 15) is 0 Å². The third-order valence-electron chi connectivity index (χ3n) is 2.29. The minimum Gasteiger partial charge on any atom is -0.313 e. The predicted molar refractivity (Wildman–Crippen MR) is 60.1 cm³/mol. The summed E-state index contributed by atoms with van der Waals surface area (Å²) in [6, 6.07) is 4.11. The average Bonchev–Trinajstić information content (AvgIpc) is 2.25. The van der Waals surface area contributed by atoms with Gasteiger partial charge in [-0.25, -0.2) is 0 Å². The van der Waals surface area contributed by atoms with E-state index in [4.69, 9.17) is 0 Å². The number of hydrogen-bond donors (Lipinski definition) is 1. The third-order valence-corrected chi connectivity index (χ3v) is 2.29. The van der Waals surface area contributed by atoms with Crippen LogP contribution in [0.4, 0.5) is 0 Å². The summed E-state index contributed by atoms with van der Waals surface area (Å²) >= 11 is 0. The molecule has 2 nitrogen and oxygen atoms in total. The number of aromatic nitrogens is 1. The molecule has 0 saturated heterocycles. The molecular formula is C12H20N2. The zero-order valence-corrected chi connectivity index (χ0v) is 9.00. The maximum absolute atomic E-state index is 3.99. The van der Waals surface area contributed by atoms with Crippen molar-refractivity contribution in [3.8, 4) is 0 Å². The Labute approximate surface area is 86.8 Å². The van der Waals surface area contributed by atoms with Crippen molar-refractivity contribution in [1.82, 2.24) is 10.3 Å². The highest BCUT2D eigenvalue weighted by Crippen LogP contribution is 1.98. The first kappa shape index (κ1) is 11.2. The normalized spacial score (nSPS) is 10.4. The molecule has 0 unspecified atom stereocenters. The molecule has 0 aromatic carbocycles. The van der Waals surface area contributed by atoms with E-state index >= 15 is 0 Å². The Morgan fingerprint density at radius 3 is 2.64 bits per heavy atom. The Bertz CT molecular complexity index is 221. The zero-order valence-electron chi connectivity index (χ0n) is 9.00. The van der Waals surface area contributed by atoms with Crippen LogP contribution in [0.25, 0.3) is 0 Å². The molecule has 1 aromatic heterocycles. The van der Waals surface area contributed by atoms with E-state index in [0.29, 0.717) is 0 Å². The highest BCUT2D eigenvalue weighted by Gasteiger charge is 1.91. The molecular weight excluding hydrogens is 172 g/mol. The van der Waals surface area contributed by atoms with Gasteiger partial charge in [-0.15, -0.1) is 0 Å². The summed E-state index contributed by atoms with van der Waals surface area (Å²) in [7, 11) is 0. The van der Waals surface area contributed by atoms with Gasteiger partial charge < -0.3 is 5.32 Å². The van der Waals surface area contributed by atoms with Gasteiger partial charge in [0.2, 0.25) is 0 Å². The summed E-state index contributed by atoms with van der Waals surface area (Å²) in [5.41, 5.74) is 1.32. The largest absolute Gasteiger partial charge is 0.313 e. The molecule has 0 bridgehead atoms. The van der Waals surface area contributed by atoms with E-state index in [2.05, 4.69) is 29.4 Å². The summed E-state index contributed by atoms with van der Waals surface area (Å²) in [5.74, 6) is 0. The van der Waals surface area contributed by atoms with Crippen molar-refractivity contribution < 1.29 is 0 Å². The van der Waals surface area contributed by atoms with E-state index in [-0.39, 0.29) is 0 Å². The minimum absolute atomic E-state index is 0.967. The molecule has 1 rings (SSSR count). The summed E-state index contributed by atoms with van der Waals surface area (Å²) in [4.78, 5) is 3.99. The summed E-state index contributed by atoms with van der Waals surface area (Å²) in [5, 5.41) is 3.43. The first-order valence-electron chi connectivity index (χ1n) is 5.53. The Kier molecular flexibility index (Phi) is 6.00. The summed E-state index contributed by atoms with van der Waals surface area (Å²) in [6.45, 7) is 4.33. The second-order valence-electron chi connectivity index (χ2n) is 3.59. The maximum atomic E-state index is 3.99. The van der Waals surface area contributed by atoms with Crippen molar-refractivity contribution in [1.29, 1.82) is 0 Å². The van der Waals surface area contributed by atoms with E-state index < -0.39 is 0 Å². The van der Waals surface area contributed by atoms with Crippen molar-refractivity contribution in [2.24, 2.45) is 0 Å². The first-order chi connectivity index (χ1) is 6.93. The predicted octanol–water partition coefficient (Wildman–Crippen LogP) is 2.75. The molecule has 0 aliphatic rings. The molecule has 0 spiro atoms. The van der Waals surface area contributed by atoms with Crippen LogP contribution in [0.5, 0.6) is 0 Å². The van der Waals surface area contributed by atoms with Crippen molar-refractivity contribution >= 4 is 0 Å². The molecule has 1 N–H and O–H groups in total. The van der Waals surface area contributed by atoms with Crippen LogP contribution in [-0.4, -0.2) is 11.5 Å². The monoisotopic (exact) mass is 192 g/mol. The van der Waals surface area contributed by atoms with E-state index in [1.54, 1.807) is 0 Å². The fraction of sp³-hybridized carbons (Fsp3) is 0.583. The van der Waals surface area contributed by atoms with E-state index in [1.165, 1.54) is 31.2 Å². The van der Waals surface area contributed by atoms with Gasteiger partial charge in [0.25, 0.3) is 0 Å². The van der Waals surface area contributed by atoms with Crippen LogP contribution in [0.3, 0.4) is 0 Å². The van der Waals surface area contributed by atoms with Crippen molar-refractivity contribution in [2.75, 3.05) is 6.54 Å². The lowest BCUT2D eigenvalue weighted by atomic mass is 10.2. The SMILES string of the molecule is CCCCCCNCc1ccncc1. The van der Waals surface area contributed by atoms with Crippen molar-refractivity contribution in [2.45, 2.75) is 39.2 Å². The number of pyridine rings is 1. The first-order valence-corrected chi connectivity index (χ1v) is 5.53. The lowest BCUT2D eigenvalue weighted by Crippen LogP contribution is -2.14.